The summed E-state index contributed by atoms with van der Waals surface area (Å²) in [6.45, 7) is 0.969. The Kier molecular flexibility index (Phi) is 4.90. The minimum atomic E-state index is -0.673. The van der Waals surface area contributed by atoms with Crippen LogP contribution in [0.25, 0.3) is 16.7 Å². The van der Waals surface area contributed by atoms with Crippen LogP contribution in [-0.4, -0.2) is 63.7 Å². The minimum Gasteiger partial charge on any atom is -0.507 e. The number of amides is 1. The van der Waals surface area contributed by atoms with E-state index in [4.69, 9.17) is 0 Å². The average molecular weight is 390 g/mol. The van der Waals surface area contributed by atoms with Gasteiger partial charge in [-0.2, -0.15) is 0 Å². The standard InChI is InChI=1S/C22H22N4O3/c1-25(2)11-12-26-19(14-7-9-23-10-8-14)18(21(28)22(26)29)20(27)16-13-24-17-6-4-3-5-15(16)17/h3-10,13,19,24,27H,11-12H2,1-2H3. The number of para-hydroxylation sites is 1. The number of hydrogen-bond donors (Lipinski definition) is 2. The number of likely N-dealkylation sites (tertiary alicyclic amines) is 1. The molecule has 0 radical (unpaired) electrons. The van der Waals surface area contributed by atoms with Crippen molar-refractivity contribution in [1.29, 1.82) is 0 Å². The van der Waals surface area contributed by atoms with Gasteiger partial charge in [0.25, 0.3) is 11.7 Å². The topological polar surface area (TPSA) is 89.5 Å². The number of aromatic amines is 1. The number of aromatic nitrogens is 2. The van der Waals surface area contributed by atoms with Crippen LogP contribution in [-0.2, 0) is 9.59 Å². The quantitative estimate of drug-likeness (QED) is 0.397. The maximum absolute atomic E-state index is 13.0. The number of rotatable bonds is 5. The lowest BCUT2D eigenvalue weighted by Crippen LogP contribution is -2.35. The monoisotopic (exact) mass is 390 g/mol. The molecule has 3 aromatic rings. The summed E-state index contributed by atoms with van der Waals surface area (Å²) in [4.78, 5) is 36.4. The van der Waals surface area contributed by atoms with Gasteiger partial charge in [0.1, 0.15) is 5.76 Å². The number of fused-ring (bicyclic) bond motifs is 1. The summed E-state index contributed by atoms with van der Waals surface area (Å²) in [7, 11) is 3.81. The predicted molar refractivity (Wildman–Crippen MR) is 110 cm³/mol. The van der Waals surface area contributed by atoms with Crippen molar-refractivity contribution in [3.05, 3.63) is 71.7 Å². The molecule has 3 heterocycles. The molecule has 2 N–H and O–H groups in total. The minimum absolute atomic E-state index is 0.102. The van der Waals surface area contributed by atoms with Crippen LogP contribution >= 0.6 is 0 Å². The smallest absolute Gasteiger partial charge is 0.295 e. The van der Waals surface area contributed by atoms with E-state index in [2.05, 4.69) is 9.97 Å². The zero-order chi connectivity index (χ0) is 20.5. The molecule has 1 saturated heterocycles. The SMILES string of the molecule is CN(C)CCN1C(=O)C(=O)C(=C(O)c2c[nH]c3ccccc23)C1c1ccncc1. The molecule has 29 heavy (non-hydrogen) atoms. The lowest BCUT2D eigenvalue weighted by atomic mass is 9.96. The van der Waals surface area contributed by atoms with Gasteiger partial charge in [0.2, 0.25) is 0 Å². The third-order valence-electron chi connectivity index (χ3n) is 5.19. The van der Waals surface area contributed by atoms with E-state index >= 15 is 0 Å². The number of likely N-dealkylation sites (N-methyl/N-ethyl adjacent to an activating group) is 1. The third kappa shape index (κ3) is 3.30. The Morgan fingerprint density at radius 3 is 2.62 bits per heavy atom. The summed E-state index contributed by atoms with van der Waals surface area (Å²) >= 11 is 0. The molecule has 4 rings (SSSR count). The number of pyridine rings is 1. The van der Waals surface area contributed by atoms with E-state index in [1.165, 1.54) is 4.90 Å². The molecule has 1 amide bonds. The van der Waals surface area contributed by atoms with Gasteiger partial charge in [-0.25, -0.2) is 0 Å². The molecule has 1 atom stereocenters. The van der Waals surface area contributed by atoms with E-state index in [1.54, 1.807) is 30.7 Å². The van der Waals surface area contributed by atoms with Crippen molar-refractivity contribution >= 4 is 28.4 Å². The van der Waals surface area contributed by atoms with Gasteiger partial charge in [-0.05, 0) is 37.9 Å². The Labute approximate surface area is 168 Å². The fourth-order valence-corrected chi connectivity index (χ4v) is 3.72. The number of nitrogens with zero attached hydrogens (tertiary/aromatic N) is 3. The number of Topliss-reactive ketones (excluding diaryl/α,β-unsaturated/α-hetero) is 1. The predicted octanol–water partition coefficient (Wildman–Crippen LogP) is 2.55. The molecule has 1 aromatic carbocycles. The number of carbonyl (C=O) groups excluding carboxylic acids is 2. The summed E-state index contributed by atoms with van der Waals surface area (Å²) < 4.78 is 0. The first kappa shape index (κ1) is 18.9. The number of aliphatic hydroxyl groups excluding tert-OH is 1. The largest absolute Gasteiger partial charge is 0.507 e. The second-order valence-electron chi connectivity index (χ2n) is 7.32. The van der Waals surface area contributed by atoms with E-state index in [0.29, 0.717) is 18.7 Å². The van der Waals surface area contributed by atoms with Gasteiger partial charge in [-0.15, -0.1) is 0 Å². The lowest BCUT2D eigenvalue weighted by molar-refractivity contribution is -0.140. The molecule has 7 heteroatoms. The summed E-state index contributed by atoms with van der Waals surface area (Å²) in [5.41, 5.74) is 2.19. The molecule has 0 bridgehead atoms. The van der Waals surface area contributed by atoms with E-state index in [9.17, 15) is 14.7 Å². The number of hydrogen-bond acceptors (Lipinski definition) is 5. The van der Waals surface area contributed by atoms with Gasteiger partial charge >= 0.3 is 0 Å². The Morgan fingerprint density at radius 1 is 1.17 bits per heavy atom. The fourth-order valence-electron chi connectivity index (χ4n) is 3.72. The van der Waals surface area contributed by atoms with E-state index in [-0.39, 0.29) is 11.3 Å². The molecule has 1 unspecified atom stereocenters. The zero-order valence-corrected chi connectivity index (χ0v) is 16.3. The van der Waals surface area contributed by atoms with Gasteiger partial charge < -0.3 is 19.9 Å². The number of carbonyl (C=O) groups is 2. The highest BCUT2D eigenvalue weighted by Gasteiger charge is 2.46. The molecule has 0 saturated carbocycles. The second kappa shape index (κ2) is 7.52. The Balaban J connectivity index is 1.88. The van der Waals surface area contributed by atoms with Gasteiger partial charge in [-0.1, -0.05) is 18.2 Å². The van der Waals surface area contributed by atoms with Gasteiger partial charge in [0.05, 0.1) is 11.6 Å². The first-order chi connectivity index (χ1) is 14.0. The average Bonchev–Trinajstić information content (AvgIpc) is 3.26. The molecule has 7 nitrogen and oxygen atoms in total. The molecule has 0 aliphatic carbocycles. The van der Waals surface area contributed by atoms with Crippen LogP contribution in [0.2, 0.25) is 0 Å². The number of nitrogens with one attached hydrogen (secondary N) is 1. The van der Waals surface area contributed by atoms with Gasteiger partial charge in [0, 0.05) is 48.1 Å². The Morgan fingerprint density at radius 2 is 1.90 bits per heavy atom. The molecule has 0 spiro atoms. The highest BCUT2D eigenvalue weighted by Crippen LogP contribution is 2.40. The molecule has 148 valence electrons. The van der Waals surface area contributed by atoms with Crippen LogP contribution in [0.4, 0.5) is 0 Å². The Bertz CT molecular complexity index is 1100. The van der Waals surface area contributed by atoms with E-state index < -0.39 is 17.7 Å². The van der Waals surface area contributed by atoms with Crippen molar-refractivity contribution in [2.75, 3.05) is 27.2 Å². The van der Waals surface area contributed by atoms with Crippen molar-refractivity contribution in [1.82, 2.24) is 19.8 Å². The number of ketones is 1. The number of benzene rings is 1. The molecule has 1 aliphatic heterocycles. The second-order valence-corrected chi connectivity index (χ2v) is 7.32. The van der Waals surface area contributed by atoms with Gasteiger partial charge in [-0.3, -0.25) is 14.6 Å². The molecular formula is C22H22N4O3. The van der Waals surface area contributed by atoms with Crippen LogP contribution in [0, 0.1) is 0 Å². The summed E-state index contributed by atoms with van der Waals surface area (Å²) in [6.07, 6.45) is 4.90. The Hall–Kier alpha value is -3.45. The van der Waals surface area contributed by atoms with Crippen molar-refractivity contribution in [2.45, 2.75) is 6.04 Å². The third-order valence-corrected chi connectivity index (χ3v) is 5.19. The van der Waals surface area contributed by atoms with Crippen molar-refractivity contribution in [2.24, 2.45) is 0 Å². The number of H-pyrrole nitrogens is 1. The summed E-state index contributed by atoms with van der Waals surface area (Å²) in [5.74, 6) is -1.45. The van der Waals surface area contributed by atoms with Crippen LogP contribution < -0.4 is 0 Å². The fraction of sp³-hybridized carbons (Fsp3) is 0.227. The highest BCUT2D eigenvalue weighted by molar-refractivity contribution is 6.46. The molecule has 1 aliphatic rings. The lowest BCUT2D eigenvalue weighted by Gasteiger charge is -2.26. The van der Waals surface area contributed by atoms with Crippen LogP contribution in [0.5, 0.6) is 0 Å². The van der Waals surface area contributed by atoms with Crippen LogP contribution in [0.15, 0.2) is 60.6 Å². The maximum atomic E-state index is 13.0. The normalized spacial score (nSPS) is 18.9. The number of aliphatic hydroxyl groups is 1. The summed E-state index contributed by atoms with van der Waals surface area (Å²) in [6, 6.07) is 10.4. The van der Waals surface area contributed by atoms with E-state index in [1.807, 2.05) is 43.3 Å². The summed E-state index contributed by atoms with van der Waals surface area (Å²) in [5, 5.41) is 11.9. The maximum Gasteiger partial charge on any atom is 0.295 e. The molecular weight excluding hydrogens is 368 g/mol. The highest BCUT2D eigenvalue weighted by atomic mass is 16.3. The molecule has 1 fully saturated rings. The zero-order valence-electron chi connectivity index (χ0n) is 16.3. The van der Waals surface area contributed by atoms with Gasteiger partial charge in [0.15, 0.2) is 0 Å². The van der Waals surface area contributed by atoms with Crippen LogP contribution in [0.3, 0.4) is 0 Å². The first-order valence-electron chi connectivity index (χ1n) is 9.38. The molecule has 2 aromatic heterocycles. The van der Waals surface area contributed by atoms with Crippen molar-refractivity contribution < 1.29 is 14.7 Å². The van der Waals surface area contributed by atoms with Crippen molar-refractivity contribution in [3.63, 3.8) is 0 Å². The van der Waals surface area contributed by atoms with Crippen LogP contribution in [0.1, 0.15) is 17.2 Å². The van der Waals surface area contributed by atoms with E-state index in [0.717, 1.165) is 16.5 Å². The van der Waals surface area contributed by atoms with Crippen molar-refractivity contribution in [3.8, 4) is 0 Å². The first-order valence-corrected chi connectivity index (χ1v) is 9.38.